The highest BCUT2D eigenvalue weighted by atomic mass is 16.2. The number of nitrogens with one attached hydrogen (secondary N) is 1. The molecule has 19 heavy (non-hydrogen) atoms. The Morgan fingerprint density at radius 1 is 1.32 bits per heavy atom. The fourth-order valence-corrected chi connectivity index (χ4v) is 2.02. The predicted molar refractivity (Wildman–Crippen MR) is 72.5 cm³/mol. The first-order valence-corrected chi connectivity index (χ1v) is 6.29. The van der Waals surface area contributed by atoms with Crippen LogP contribution in [0.3, 0.4) is 0 Å². The predicted octanol–water partition coefficient (Wildman–Crippen LogP) is 2.02. The van der Waals surface area contributed by atoms with Gasteiger partial charge in [0.25, 0.3) is 0 Å². The first-order valence-electron chi connectivity index (χ1n) is 6.29. The molecule has 0 unspecified atom stereocenters. The van der Waals surface area contributed by atoms with Gasteiger partial charge in [0.2, 0.25) is 5.91 Å². The summed E-state index contributed by atoms with van der Waals surface area (Å²) in [6.45, 7) is 5.82. The van der Waals surface area contributed by atoms with Crippen molar-refractivity contribution in [3.8, 4) is 0 Å². The fourth-order valence-electron chi connectivity index (χ4n) is 2.02. The largest absolute Gasteiger partial charge is 0.348 e. The zero-order valence-corrected chi connectivity index (χ0v) is 11.4. The van der Waals surface area contributed by atoms with E-state index < -0.39 is 0 Å². The van der Waals surface area contributed by atoms with Crippen molar-refractivity contribution in [2.75, 3.05) is 0 Å². The van der Waals surface area contributed by atoms with Gasteiger partial charge in [-0.25, -0.2) is 9.67 Å². The average Bonchev–Trinajstić information content (AvgIpc) is 2.92. The maximum absolute atomic E-state index is 12.1. The van der Waals surface area contributed by atoms with Gasteiger partial charge in [0.05, 0.1) is 6.04 Å². The van der Waals surface area contributed by atoms with Crippen molar-refractivity contribution in [2.45, 2.75) is 32.9 Å². The highest BCUT2D eigenvalue weighted by Crippen LogP contribution is 2.17. The molecular weight excluding hydrogens is 240 g/mol. The number of amides is 1. The number of rotatable bonds is 4. The van der Waals surface area contributed by atoms with Gasteiger partial charge < -0.3 is 5.32 Å². The molecule has 1 aromatic carbocycles. The first-order chi connectivity index (χ1) is 9.09. The second-order valence-electron chi connectivity index (χ2n) is 4.64. The summed E-state index contributed by atoms with van der Waals surface area (Å²) in [5, 5.41) is 6.98. The topological polar surface area (TPSA) is 59.8 Å². The standard InChI is InChI=1S/C14H18N4O/c1-10-6-4-5-7-13(10)11(2)17-14(19)12(3)18-9-15-8-16-18/h4-9,11-12H,1-3H3,(H,17,19)/t11-,12+/m0/s1. The van der Waals surface area contributed by atoms with E-state index in [4.69, 9.17) is 0 Å². The number of carbonyl (C=O) groups is 1. The van der Waals surface area contributed by atoms with E-state index in [-0.39, 0.29) is 18.0 Å². The summed E-state index contributed by atoms with van der Waals surface area (Å²) in [7, 11) is 0. The van der Waals surface area contributed by atoms with Crippen LogP contribution in [0.1, 0.15) is 37.1 Å². The van der Waals surface area contributed by atoms with Crippen LogP contribution in [0.25, 0.3) is 0 Å². The van der Waals surface area contributed by atoms with Crippen molar-refractivity contribution in [2.24, 2.45) is 0 Å². The van der Waals surface area contributed by atoms with Crippen LogP contribution in [-0.4, -0.2) is 20.7 Å². The zero-order valence-electron chi connectivity index (χ0n) is 11.4. The molecule has 1 aromatic heterocycles. The van der Waals surface area contributed by atoms with Gasteiger partial charge in [-0.2, -0.15) is 5.10 Å². The number of aromatic nitrogens is 3. The van der Waals surface area contributed by atoms with Crippen LogP contribution in [0.4, 0.5) is 0 Å². The molecule has 2 atom stereocenters. The van der Waals surface area contributed by atoms with Crippen molar-refractivity contribution < 1.29 is 4.79 Å². The van der Waals surface area contributed by atoms with E-state index in [9.17, 15) is 4.79 Å². The normalized spacial score (nSPS) is 13.8. The molecule has 5 heteroatoms. The molecule has 0 saturated heterocycles. The van der Waals surface area contributed by atoms with Crippen LogP contribution >= 0.6 is 0 Å². The van der Waals surface area contributed by atoms with Crippen LogP contribution in [-0.2, 0) is 4.79 Å². The van der Waals surface area contributed by atoms with Gasteiger partial charge in [-0.1, -0.05) is 24.3 Å². The van der Waals surface area contributed by atoms with Gasteiger partial charge in [0, 0.05) is 0 Å². The average molecular weight is 258 g/mol. The molecule has 0 spiro atoms. The third-order valence-corrected chi connectivity index (χ3v) is 3.23. The molecule has 0 saturated carbocycles. The summed E-state index contributed by atoms with van der Waals surface area (Å²) in [5.41, 5.74) is 2.30. The summed E-state index contributed by atoms with van der Waals surface area (Å²) in [6, 6.07) is 7.64. The zero-order chi connectivity index (χ0) is 13.8. The number of nitrogens with zero attached hydrogens (tertiary/aromatic N) is 3. The van der Waals surface area contributed by atoms with E-state index in [0.29, 0.717) is 0 Å². The second kappa shape index (κ2) is 5.65. The molecule has 100 valence electrons. The molecule has 0 aliphatic rings. The smallest absolute Gasteiger partial charge is 0.245 e. The number of hydrogen-bond donors (Lipinski definition) is 1. The Labute approximate surface area is 112 Å². The van der Waals surface area contributed by atoms with Crippen LogP contribution < -0.4 is 5.32 Å². The molecule has 0 bridgehead atoms. The lowest BCUT2D eigenvalue weighted by Crippen LogP contribution is -2.33. The molecule has 2 rings (SSSR count). The number of benzene rings is 1. The Morgan fingerprint density at radius 2 is 2.05 bits per heavy atom. The minimum atomic E-state index is -0.367. The maximum Gasteiger partial charge on any atom is 0.245 e. The molecule has 5 nitrogen and oxygen atoms in total. The molecule has 1 heterocycles. The van der Waals surface area contributed by atoms with Gasteiger partial charge in [-0.3, -0.25) is 4.79 Å². The van der Waals surface area contributed by atoms with E-state index in [1.165, 1.54) is 11.9 Å². The second-order valence-corrected chi connectivity index (χ2v) is 4.64. The van der Waals surface area contributed by atoms with Gasteiger partial charge in [0.15, 0.2) is 0 Å². The van der Waals surface area contributed by atoms with E-state index in [0.717, 1.165) is 5.56 Å². The lowest BCUT2D eigenvalue weighted by atomic mass is 10.0. The van der Waals surface area contributed by atoms with Crippen LogP contribution in [0, 0.1) is 6.92 Å². The Balaban J connectivity index is 2.05. The van der Waals surface area contributed by atoms with E-state index in [2.05, 4.69) is 15.4 Å². The number of hydrogen-bond acceptors (Lipinski definition) is 3. The minimum Gasteiger partial charge on any atom is -0.348 e. The van der Waals surface area contributed by atoms with E-state index in [1.54, 1.807) is 17.9 Å². The van der Waals surface area contributed by atoms with E-state index >= 15 is 0 Å². The van der Waals surface area contributed by atoms with E-state index in [1.807, 2.05) is 38.1 Å². The number of aryl methyl sites for hydroxylation is 1. The van der Waals surface area contributed by atoms with Gasteiger partial charge in [-0.05, 0) is 31.9 Å². The summed E-state index contributed by atoms with van der Waals surface area (Å²) < 4.78 is 1.54. The molecule has 0 aliphatic carbocycles. The van der Waals surface area contributed by atoms with Crippen molar-refractivity contribution in [1.82, 2.24) is 20.1 Å². The highest BCUT2D eigenvalue weighted by molar-refractivity contribution is 5.80. The van der Waals surface area contributed by atoms with Gasteiger partial charge >= 0.3 is 0 Å². The first kappa shape index (κ1) is 13.3. The molecule has 0 radical (unpaired) electrons. The highest BCUT2D eigenvalue weighted by Gasteiger charge is 2.18. The Morgan fingerprint density at radius 3 is 2.68 bits per heavy atom. The molecule has 1 amide bonds. The summed E-state index contributed by atoms with van der Waals surface area (Å²) >= 11 is 0. The molecular formula is C14H18N4O. The van der Waals surface area contributed by atoms with Crippen LogP contribution in [0.2, 0.25) is 0 Å². The number of carbonyl (C=O) groups excluding carboxylic acids is 1. The fraction of sp³-hybridized carbons (Fsp3) is 0.357. The van der Waals surface area contributed by atoms with Crippen molar-refractivity contribution in [3.63, 3.8) is 0 Å². The molecule has 0 aliphatic heterocycles. The van der Waals surface area contributed by atoms with Crippen molar-refractivity contribution in [3.05, 3.63) is 48.0 Å². The summed E-state index contributed by atoms with van der Waals surface area (Å²) in [6.07, 6.45) is 2.97. The minimum absolute atomic E-state index is 0.0281. The quantitative estimate of drug-likeness (QED) is 0.912. The van der Waals surface area contributed by atoms with Crippen LogP contribution in [0.15, 0.2) is 36.9 Å². The monoisotopic (exact) mass is 258 g/mol. The lowest BCUT2D eigenvalue weighted by Gasteiger charge is -2.19. The van der Waals surface area contributed by atoms with Crippen molar-refractivity contribution in [1.29, 1.82) is 0 Å². The summed E-state index contributed by atoms with van der Waals surface area (Å²) in [4.78, 5) is 16.0. The maximum atomic E-state index is 12.1. The third-order valence-electron chi connectivity index (χ3n) is 3.23. The Bertz CT molecular complexity index is 550. The Kier molecular flexibility index (Phi) is 3.94. The van der Waals surface area contributed by atoms with Crippen LogP contribution in [0.5, 0.6) is 0 Å². The molecule has 1 N–H and O–H groups in total. The Hall–Kier alpha value is -2.17. The SMILES string of the molecule is Cc1ccccc1[C@H](C)NC(=O)[C@@H](C)n1cncn1. The van der Waals surface area contributed by atoms with Gasteiger partial charge in [-0.15, -0.1) is 0 Å². The molecule has 2 aromatic rings. The molecule has 0 fully saturated rings. The summed E-state index contributed by atoms with van der Waals surface area (Å²) in [5.74, 6) is -0.0683. The van der Waals surface area contributed by atoms with Crippen molar-refractivity contribution >= 4 is 5.91 Å². The van der Waals surface area contributed by atoms with Gasteiger partial charge in [0.1, 0.15) is 18.7 Å². The lowest BCUT2D eigenvalue weighted by molar-refractivity contribution is -0.124. The third kappa shape index (κ3) is 2.99.